The van der Waals surface area contributed by atoms with Crippen LogP contribution in [0.4, 0.5) is 5.69 Å². The van der Waals surface area contributed by atoms with E-state index < -0.39 is 0 Å². The number of amides is 1. The van der Waals surface area contributed by atoms with Crippen molar-refractivity contribution in [2.75, 3.05) is 11.9 Å². The first kappa shape index (κ1) is 16.1. The van der Waals surface area contributed by atoms with Gasteiger partial charge >= 0.3 is 0 Å². The molecule has 19 heavy (non-hydrogen) atoms. The molecule has 0 spiro atoms. The monoisotopic (exact) mass is 302 g/mol. The molecule has 5 heteroatoms. The zero-order valence-electron chi connectivity index (χ0n) is 11.7. The van der Waals surface area contributed by atoms with Crippen LogP contribution < -0.4 is 10.6 Å². The first-order valence-corrected chi connectivity index (χ1v) is 7.01. The van der Waals surface area contributed by atoms with Crippen molar-refractivity contribution in [3.8, 4) is 0 Å². The molecule has 1 aromatic carbocycles. The third-order valence-electron chi connectivity index (χ3n) is 3.05. The Morgan fingerprint density at radius 1 is 1.26 bits per heavy atom. The molecule has 0 saturated carbocycles. The van der Waals surface area contributed by atoms with Crippen LogP contribution >= 0.6 is 23.2 Å². The van der Waals surface area contributed by atoms with Gasteiger partial charge in [0.1, 0.15) is 0 Å². The third-order valence-corrected chi connectivity index (χ3v) is 3.77. The van der Waals surface area contributed by atoms with E-state index in [1.54, 1.807) is 12.1 Å². The zero-order valence-corrected chi connectivity index (χ0v) is 13.2. The van der Waals surface area contributed by atoms with Crippen LogP contribution in [0.3, 0.4) is 0 Å². The molecule has 1 rings (SSSR count). The summed E-state index contributed by atoms with van der Waals surface area (Å²) in [6.07, 6.45) is 0.871. The van der Waals surface area contributed by atoms with E-state index in [4.69, 9.17) is 23.2 Å². The van der Waals surface area contributed by atoms with E-state index >= 15 is 0 Å². The number of benzene rings is 1. The van der Waals surface area contributed by atoms with Crippen LogP contribution in [0.1, 0.15) is 32.8 Å². The van der Waals surface area contributed by atoms with E-state index in [9.17, 15) is 4.79 Å². The SMILES string of the molecule is CCC(C)(C)NC(=O)CNc1cc(Cl)c(C)cc1Cl. The van der Waals surface area contributed by atoms with Gasteiger partial charge in [0.15, 0.2) is 0 Å². The Morgan fingerprint density at radius 3 is 2.47 bits per heavy atom. The smallest absolute Gasteiger partial charge is 0.239 e. The molecule has 0 bridgehead atoms. The number of aryl methyl sites for hydroxylation is 1. The molecule has 0 aliphatic rings. The van der Waals surface area contributed by atoms with E-state index in [1.165, 1.54) is 0 Å². The molecule has 0 atom stereocenters. The molecule has 0 heterocycles. The van der Waals surface area contributed by atoms with E-state index in [0.29, 0.717) is 15.7 Å². The summed E-state index contributed by atoms with van der Waals surface area (Å²) in [6, 6.07) is 3.51. The number of carbonyl (C=O) groups excluding carboxylic acids is 1. The summed E-state index contributed by atoms with van der Waals surface area (Å²) in [5.41, 5.74) is 1.38. The van der Waals surface area contributed by atoms with E-state index in [0.717, 1.165) is 12.0 Å². The van der Waals surface area contributed by atoms with Crippen molar-refractivity contribution < 1.29 is 4.79 Å². The fraction of sp³-hybridized carbons (Fsp3) is 0.500. The van der Waals surface area contributed by atoms with Crippen molar-refractivity contribution in [1.29, 1.82) is 0 Å². The summed E-state index contributed by atoms with van der Waals surface area (Å²) in [5, 5.41) is 7.13. The van der Waals surface area contributed by atoms with Crippen molar-refractivity contribution in [1.82, 2.24) is 5.32 Å². The number of hydrogen-bond donors (Lipinski definition) is 2. The second-order valence-corrected chi connectivity index (χ2v) is 6.03. The fourth-order valence-corrected chi connectivity index (χ4v) is 1.92. The van der Waals surface area contributed by atoms with Gasteiger partial charge in [-0.2, -0.15) is 0 Å². The quantitative estimate of drug-likeness (QED) is 0.862. The maximum absolute atomic E-state index is 11.8. The summed E-state index contributed by atoms with van der Waals surface area (Å²) in [5.74, 6) is -0.0698. The Balaban J connectivity index is 2.63. The fourth-order valence-electron chi connectivity index (χ4n) is 1.47. The highest BCUT2D eigenvalue weighted by atomic mass is 35.5. The van der Waals surface area contributed by atoms with Crippen LogP contribution in [0.5, 0.6) is 0 Å². The lowest BCUT2D eigenvalue weighted by Crippen LogP contribution is -2.45. The summed E-state index contributed by atoms with van der Waals surface area (Å²) < 4.78 is 0. The molecule has 0 aromatic heterocycles. The lowest BCUT2D eigenvalue weighted by Gasteiger charge is -2.24. The molecule has 1 amide bonds. The normalized spacial score (nSPS) is 11.3. The standard InChI is InChI=1S/C14H20Cl2N2O/c1-5-14(3,4)18-13(19)8-17-12-7-10(15)9(2)6-11(12)16/h6-7,17H,5,8H2,1-4H3,(H,18,19). The second-order valence-electron chi connectivity index (χ2n) is 5.22. The Labute approximate surface area is 124 Å². The van der Waals surface area contributed by atoms with Crippen LogP contribution in [0.25, 0.3) is 0 Å². The van der Waals surface area contributed by atoms with Gasteiger partial charge in [0.2, 0.25) is 5.91 Å². The van der Waals surface area contributed by atoms with Crippen LogP contribution in [-0.4, -0.2) is 18.0 Å². The van der Waals surface area contributed by atoms with Crippen LogP contribution in [0.15, 0.2) is 12.1 Å². The first-order valence-electron chi connectivity index (χ1n) is 6.25. The number of carbonyl (C=O) groups is 1. The molecular weight excluding hydrogens is 283 g/mol. The molecule has 3 nitrogen and oxygen atoms in total. The molecule has 106 valence electrons. The van der Waals surface area contributed by atoms with Gasteiger partial charge in [-0.25, -0.2) is 0 Å². The average Bonchev–Trinajstić information content (AvgIpc) is 2.31. The summed E-state index contributed by atoms with van der Waals surface area (Å²) in [6.45, 7) is 8.06. The molecule has 0 saturated heterocycles. The largest absolute Gasteiger partial charge is 0.375 e. The number of nitrogens with one attached hydrogen (secondary N) is 2. The minimum absolute atomic E-state index is 0.0698. The molecular formula is C14H20Cl2N2O. The number of rotatable bonds is 5. The van der Waals surface area contributed by atoms with Crippen LogP contribution in [0.2, 0.25) is 10.0 Å². The lowest BCUT2D eigenvalue weighted by molar-refractivity contribution is -0.121. The van der Waals surface area contributed by atoms with E-state index in [2.05, 4.69) is 10.6 Å². The predicted octanol–water partition coefficient (Wildman–Crippen LogP) is 4.02. The highest BCUT2D eigenvalue weighted by Crippen LogP contribution is 2.28. The molecule has 1 aromatic rings. The van der Waals surface area contributed by atoms with Crippen molar-refractivity contribution >= 4 is 34.8 Å². The highest BCUT2D eigenvalue weighted by molar-refractivity contribution is 6.35. The molecule has 0 fully saturated rings. The topological polar surface area (TPSA) is 41.1 Å². The Kier molecular flexibility index (Phi) is 5.50. The van der Waals surface area contributed by atoms with Crippen molar-refractivity contribution in [3.63, 3.8) is 0 Å². The van der Waals surface area contributed by atoms with Gasteiger partial charge in [-0.15, -0.1) is 0 Å². The van der Waals surface area contributed by atoms with Gasteiger partial charge in [0, 0.05) is 10.6 Å². The third kappa shape index (κ3) is 4.92. The predicted molar refractivity (Wildman–Crippen MR) is 82.2 cm³/mol. The Morgan fingerprint density at radius 2 is 1.89 bits per heavy atom. The number of halogens is 2. The Hall–Kier alpha value is -0.930. The van der Waals surface area contributed by atoms with E-state index in [-0.39, 0.29) is 18.0 Å². The Bertz CT molecular complexity index is 473. The minimum atomic E-state index is -0.201. The highest BCUT2D eigenvalue weighted by Gasteiger charge is 2.17. The molecule has 0 unspecified atom stereocenters. The summed E-state index contributed by atoms with van der Waals surface area (Å²) >= 11 is 12.1. The summed E-state index contributed by atoms with van der Waals surface area (Å²) in [7, 11) is 0. The molecule has 0 aliphatic heterocycles. The molecule has 2 N–H and O–H groups in total. The minimum Gasteiger partial charge on any atom is -0.375 e. The number of anilines is 1. The second kappa shape index (κ2) is 6.49. The van der Waals surface area contributed by atoms with Gasteiger partial charge in [0.05, 0.1) is 17.3 Å². The maximum atomic E-state index is 11.8. The lowest BCUT2D eigenvalue weighted by atomic mass is 10.0. The number of hydrogen-bond acceptors (Lipinski definition) is 2. The molecule has 0 radical (unpaired) electrons. The van der Waals surface area contributed by atoms with Crippen molar-refractivity contribution in [2.24, 2.45) is 0 Å². The maximum Gasteiger partial charge on any atom is 0.239 e. The average molecular weight is 303 g/mol. The zero-order chi connectivity index (χ0) is 14.6. The van der Waals surface area contributed by atoms with Gasteiger partial charge in [-0.3, -0.25) is 4.79 Å². The first-order chi connectivity index (χ1) is 8.75. The van der Waals surface area contributed by atoms with Crippen molar-refractivity contribution in [2.45, 2.75) is 39.7 Å². The van der Waals surface area contributed by atoms with Gasteiger partial charge in [0.25, 0.3) is 0 Å². The molecule has 0 aliphatic carbocycles. The van der Waals surface area contributed by atoms with Crippen LogP contribution in [-0.2, 0) is 4.79 Å². The van der Waals surface area contributed by atoms with Gasteiger partial charge < -0.3 is 10.6 Å². The van der Waals surface area contributed by atoms with Gasteiger partial charge in [-0.05, 0) is 44.9 Å². The van der Waals surface area contributed by atoms with Crippen molar-refractivity contribution in [3.05, 3.63) is 27.7 Å². The van der Waals surface area contributed by atoms with Crippen LogP contribution in [0, 0.1) is 6.92 Å². The summed E-state index contributed by atoms with van der Waals surface area (Å²) in [4.78, 5) is 11.8. The van der Waals surface area contributed by atoms with E-state index in [1.807, 2.05) is 27.7 Å². The van der Waals surface area contributed by atoms with Gasteiger partial charge in [-0.1, -0.05) is 30.1 Å².